The van der Waals surface area contributed by atoms with E-state index in [1.807, 2.05) is 47.4 Å². The minimum Gasteiger partial charge on any atom is -0.480 e. The zero-order valence-corrected chi connectivity index (χ0v) is 15.3. The van der Waals surface area contributed by atoms with Gasteiger partial charge in [-0.2, -0.15) is 0 Å². The highest BCUT2D eigenvalue weighted by Gasteiger charge is 2.37. The monoisotopic (exact) mass is 356 g/mol. The maximum Gasteiger partial charge on any atom is 0.411 e. The number of carboxylic acids is 1. The van der Waals surface area contributed by atoms with Gasteiger partial charge in [-0.15, -0.1) is 0 Å². The van der Waals surface area contributed by atoms with E-state index >= 15 is 0 Å². The van der Waals surface area contributed by atoms with Crippen molar-refractivity contribution in [2.24, 2.45) is 0 Å². The summed E-state index contributed by atoms with van der Waals surface area (Å²) in [5.74, 6) is -1.03. The second kappa shape index (κ2) is 6.86. The summed E-state index contributed by atoms with van der Waals surface area (Å²) in [6, 6.07) is 13.1. The van der Waals surface area contributed by atoms with Gasteiger partial charge in [0.25, 0.3) is 0 Å². The molecule has 0 unspecified atom stereocenters. The number of amides is 1. The molecule has 1 aliphatic rings. The Morgan fingerprint density at radius 2 is 1.77 bits per heavy atom. The number of carbonyl (C=O) groups excluding carboxylic acids is 1. The summed E-state index contributed by atoms with van der Waals surface area (Å²) >= 11 is 0. The molecule has 1 aliphatic heterocycles. The molecule has 0 aromatic heterocycles. The molecule has 1 amide bonds. The third-order valence-corrected chi connectivity index (χ3v) is 4.40. The van der Waals surface area contributed by atoms with Crippen LogP contribution in [0.3, 0.4) is 0 Å². The average molecular weight is 356 g/mol. The predicted octanol–water partition coefficient (Wildman–Crippen LogP) is 3.35. The summed E-state index contributed by atoms with van der Waals surface area (Å²) in [6.07, 6.45) is -0.581. The first-order chi connectivity index (χ1) is 12.3. The van der Waals surface area contributed by atoms with E-state index in [-0.39, 0.29) is 6.54 Å². The fraction of sp³-hybridized carbons (Fsp3) is 0.400. The van der Waals surface area contributed by atoms with Gasteiger partial charge in [0.2, 0.25) is 0 Å². The van der Waals surface area contributed by atoms with Gasteiger partial charge in [0, 0.05) is 30.7 Å². The summed E-state index contributed by atoms with van der Waals surface area (Å²) < 4.78 is 5.37. The lowest BCUT2D eigenvalue weighted by Crippen LogP contribution is -2.59. The van der Waals surface area contributed by atoms with Gasteiger partial charge in [-0.3, -0.25) is 4.90 Å². The summed E-state index contributed by atoms with van der Waals surface area (Å²) in [6.45, 7) is 6.39. The Balaban J connectivity index is 1.86. The molecule has 138 valence electrons. The molecule has 26 heavy (non-hydrogen) atoms. The van der Waals surface area contributed by atoms with Crippen molar-refractivity contribution in [1.29, 1.82) is 0 Å². The number of carbonyl (C=O) groups is 2. The molecule has 6 nitrogen and oxygen atoms in total. The topological polar surface area (TPSA) is 70.1 Å². The number of hydrogen-bond acceptors (Lipinski definition) is 4. The molecule has 3 rings (SSSR count). The van der Waals surface area contributed by atoms with Gasteiger partial charge in [0.05, 0.1) is 0 Å². The number of anilines is 1. The average Bonchev–Trinajstić information content (AvgIpc) is 2.59. The van der Waals surface area contributed by atoms with Gasteiger partial charge in [-0.1, -0.05) is 36.4 Å². The Kier molecular flexibility index (Phi) is 4.76. The van der Waals surface area contributed by atoms with Crippen LogP contribution in [-0.2, 0) is 9.53 Å². The predicted molar refractivity (Wildman–Crippen MR) is 101 cm³/mol. The number of aliphatic carboxylic acids is 1. The van der Waals surface area contributed by atoms with Crippen LogP contribution in [-0.4, -0.2) is 53.3 Å². The van der Waals surface area contributed by atoms with Crippen LogP contribution in [0.5, 0.6) is 0 Å². The maximum atomic E-state index is 12.4. The van der Waals surface area contributed by atoms with Crippen molar-refractivity contribution in [2.75, 3.05) is 24.5 Å². The number of carboxylic acid groups (broad SMARTS) is 1. The van der Waals surface area contributed by atoms with Gasteiger partial charge < -0.3 is 14.7 Å². The first kappa shape index (κ1) is 18.0. The van der Waals surface area contributed by atoms with Crippen molar-refractivity contribution in [3.63, 3.8) is 0 Å². The fourth-order valence-corrected chi connectivity index (χ4v) is 3.24. The lowest BCUT2D eigenvalue weighted by Gasteiger charge is -2.41. The zero-order valence-electron chi connectivity index (χ0n) is 15.3. The van der Waals surface area contributed by atoms with Crippen LogP contribution in [0, 0.1) is 0 Å². The first-order valence-corrected chi connectivity index (χ1v) is 8.71. The molecule has 0 spiro atoms. The highest BCUT2D eigenvalue weighted by molar-refractivity contribution is 5.94. The lowest BCUT2D eigenvalue weighted by atomic mass is 10.1. The number of fused-ring (bicyclic) bond motifs is 1. The molecule has 0 aliphatic carbocycles. The van der Waals surface area contributed by atoms with Crippen LogP contribution in [0.15, 0.2) is 42.5 Å². The van der Waals surface area contributed by atoms with Crippen molar-refractivity contribution in [1.82, 2.24) is 4.90 Å². The minimum atomic E-state index is -1.03. The summed E-state index contributed by atoms with van der Waals surface area (Å²) in [4.78, 5) is 27.5. The summed E-state index contributed by atoms with van der Waals surface area (Å²) in [5, 5.41) is 11.8. The largest absolute Gasteiger partial charge is 0.480 e. The highest BCUT2D eigenvalue weighted by Crippen LogP contribution is 2.29. The highest BCUT2D eigenvalue weighted by atomic mass is 16.6. The quantitative estimate of drug-likeness (QED) is 0.894. The molecule has 0 bridgehead atoms. The second-order valence-electron chi connectivity index (χ2n) is 7.47. The number of rotatable bonds is 2. The molecule has 1 heterocycles. The maximum absolute atomic E-state index is 12.4. The zero-order chi connectivity index (χ0) is 18.9. The lowest BCUT2D eigenvalue weighted by molar-refractivity contribution is -0.143. The molecular formula is C20H24N2O4. The van der Waals surface area contributed by atoms with Crippen LogP contribution in [0.1, 0.15) is 20.8 Å². The Bertz CT molecular complexity index is 823. The van der Waals surface area contributed by atoms with E-state index in [2.05, 4.69) is 0 Å². The van der Waals surface area contributed by atoms with Gasteiger partial charge in [-0.05, 0) is 32.2 Å². The van der Waals surface area contributed by atoms with E-state index in [9.17, 15) is 14.7 Å². The van der Waals surface area contributed by atoms with Gasteiger partial charge >= 0.3 is 12.1 Å². The molecule has 0 radical (unpaired) electrons. The van der Waals surface area contributed by atoms with Crippen LogP contribution in [0.4, 0.5) is 10.5 Å². The second-order valence-corrected chi connectivity index (χ2v) is 7.47. The normalized spacial score (nSPS) is 18.0. The van der Waals surface area contributed by atoms with Gasteiger partial charge in [-0.25, -0.2) is 9.59 Å². The van der Waals surface area contributed by atoms with E-state index in [0.29, 0.717) is 13.1 Å². The molecule has 2 aromatic carbocycles. The molecule has 6 heteroatoms. The number of piperazine rings is 1. The molecule has 1 N–H and O–H groups in total. The third kappa shape index (κ3) is 3.74. The molecule has 2 aromatic rings. The Labute approximate surface area is 153 Å². The Hall–Kier alpha value is -2.76. The third-order valence-electron chi connectivity index (χ3n) is 4.40. The molecule has 0 saturated carbocycles. The first-order valence-electron chi connectivity index (χ1n) is 8.71. The van der Waals surface area contributed by atoms with Crippen LogP contribution >= 0.6 is 0 Å². The van der Waals surface area contributed by atoms with E-state index in [1.54, 1.807) is 20.8 Å². The van der Waals surface area contributed by atoms with E-state index in [0.717, 1.165) is 16.5 Å². The van der Waals surface area contributed by atoms with Gasteiger partial charge in [0.1, 0.15) is 11.6 Å². The number of benzene rings is 2. The van der Waals surface area contributed by atoms with E-state index < -0.39 is 23.7 Å². The molecule has 1 fully saturated rings. The fourth-order valence-electron chi connectivity index (χ4n) is 3.24. The standard InChI is InChI=1S/C20H24N2O4/c1-20(2,3)26-19(25)22-12-11-21(13-17(22)18(23)24)16-10-6-8-14-7-4-5-9-15(14)16/h4-10,17H,11-13H2,1-3H3,(H,23,24)/t17-/m1/s1. The SMILES string of the molecule is CC(C)(C)OC(=O)N1CCN(c2cccc3ccccc23)C[C@@H]1C(=O)O. The smallest absolute Gasteiger partial charge is 0.411 e. The van der Waals surface area contributed by atoms with Crippen molar-refractivity contribution in [2.45, 2.75) is 32.4 Å². The van der Waals surface area contributed by atoms with Crippen molar-refractivity contribution in [3.8, 4) is 0 Å². The van der Waals surface area contributed by atoms with Crippen molar-refractivity contribution in [3.05, 3.63) is 42.5 Å². The van der Waals surface area contributed by atoms with Crippen LogP contribution < -0.4 is 4.90 Å². The summed E-state index contributed by atoms with van der Waals surface area (Å²) in [5.41, 5.74) is 0.325. The van der Waals surface area contributed by atoms with Crippen molar-refractivity contribution >= 4 is 28.5 Å². The van der Waals surface area contributed by atoms with E-state index in [1.165, 1.54) is 4.90 Å². The number of hydrogen-bond donors (Lipinski definition) is 1. The Morgan fingerprint density at radius 1 is 1.08 bits per heavy atom. The van der Waals surface area contributed by atoms with E-state index in [4.69, 9.17) is 4.74 Å². The van der Waals surface area contributed by atoms with Crippen molar-refractivity contribution < 1.29 is 19.4 Å². The minimum absolute atomic E-state index is 0.225. The van der Waals surface area contributed by atoms with Gasteiger partial charge in [0.15, 0.2) is 0 Å². The number of ether oxygens (including phenoxy) is 1. The number of nitrogens with zero attached hydrogens (tertiary/aromatic N) is 2. The summed E-state index contributed by atoms with van der Waals surface area (Å²) in [7, 11) is 0. The van der Waals surface area contributed by atoms with Crippen LogP contribution in [0.25, 0.3) is 10.8 Å². The molecule has 1 atom stereocenters. The Morgan fingerprint density at radius 3 is 2.46 bits per heavy atom. The molecule has 1 saturated heterocycles. The molecular weight excluding hydrogens is 332 g/mol. The van der Waals surface area contributed by atoms with Crippen LogP contribution in [0.2, 0.25) is 0 Å².